The summed E-state index contributed by atoms with van der Waals surface area (Å²) in [5.41, 5.74) is 0. The van der Waals surface area contributed by atoms with E-state index in [1.54, 1.807) is 0 Å². The van der Waals surface area contributed by atoms with Crippen LogP contribution in [0, 0.1) is 5.92 Å². The van der Waals surface area contributed by atoms with Gasteiger partial charge in [-0.2, -0.15) is 0 Å². The fourth-order valence-electron chi connectivity index (χ4n) is 1.44. The third-order valence-electron chi connectivity index (χ3n) is 2.35. The molecular formula is C11H22N2. The Morgan fingerprint density at radius 1 is 1.38 bits per heavy atom. The van der Waals surface area contributed by atoms with E-state index in [1.807, 2.05) is 0 Å². The van der Waals surface area contributed by atoms with Gasteiger partial charge in [0.15, 0.2) is 0 Å². The van der Waals surface area contributed by atoms with E-state index in [2.05, 4.69) is 37.5 Å². The molecule has 1 N–H and O–H groups in total. The molecule has 0 aromatic carbocycles. The zero-order valence-corrected chi connectivity index (χ0v) is 8.97. The number of nitrogens with zero attached hydrogens (tertiary/aromatic N) is 1. The molecule has 0 saturated carbocycles. The van der Waals surface area contributed by atoms with Crippen LogP contribution in [0.1, 0.15) is 39.5 Å². The van der Waals surface area contributed by atoms with Crippen LogP contribution in [0.3, 0.4) is 0 Å². The van der Waals surface area contributed by atoms with E-state index < -0.39 is 0 Å². The zero-order valence-electron chi connectivity index (χ0n) is 8.97. The fourth-order valence-corrected chi connectivity index (χ4v) is 1.44. The van der Waals surface area contributed by atoms with Crippen LogP contribution in [0.5, 0.6) is 0 Å². The Morgan fingerprint density at radius 3 is 2.54 bits per heavy atom. The minimum atomic E-state index is 0.686. The molecule has 76 valence electrons. The van der Waals surface area contributed by atoms with Crippen LogP contribution in [0.15, 0.2) is 17.4 Å². The van der Waals surface area contributed by atoms with E-state index >= 15 is 0 Å². The highest BCUT2D eigenvalue weighted by atomic mass is 15.0. The molecule has 0 aliphatic heterocycles. The van der Waals surface area contributed by atoms with E-state index in [0.717, 1.165) is 12.5 Å². The number of aliphatic imine (C=N–C) groups is 1. The number of hydrogen-bond acceptors (Lipinski definition) is 2. The molecule has 0 fully saturated rings. The molecule has 0 aliphatic carbocycles. The maximum Gasteiger partial charge on any atom is 0.117 e. The number of rotatable bonds is 8. The second kappa shape index (κ2) is 7.84. The number of hydrogen-bond donors (Lipinski definition) is 1. The molecule has 1 atom stereocenters. The van der Waals surface area contributed by atoms with Crippen molar-refractivity contribution in [3.8, 4) is 0 Å². The van der Waals surface area contributed by atoms with Crippen molar-refractivity contribution in [2.24, 2.45) is 10.9 Å². The van der Waals surface area contributed by atoms with Gasteiger partial charge >= 0.3 is 0 Å². The molecule has 0 saturated heterocycles. The topological polar surface area (TPSA) is 24.4 Å². The molecule has 0 aliphatic rings. The summed E-state index contributed by atoms with van der Waals surface area (Å²) < 4.78 is 0. The third kappa shape index (κ3) is 6.38. The molecule has 13 heavy (non-hydrogen) atoms. The predicted octanol–water partition coefficient (Wildman–Crippen LogP) is 2.96. The molecule has 2 heteroatoms. The van der Waals surface area contributed by atoms with Gasteiger partial charge in [0, 0.05) is 6.54 Å². The van der Waals surface area contributed by atoms with Gasteiger partial charge in [-0.3, -0.25) is 0 Å². The van der Waals surface area contributed by atoms with Gasteiger partial charge in [-0.05, 0) is 19.1 Å². The first kappa shape index (κ1) is 12.2. The van der Waals surface area contributed by atoms with Crippen LogP contribution >= 0.6 is 0 Å². The molecule has 0 heterocycles. The molecule has 0 radical (unpaired) electrons. The smallest absolute Gasteiger partial charge is 0.117 e. The molecule has 0 aromatic heterocycles. The maximum atomic E-state index is 3.70. The van der Waals surface area contributed by atoms with E-state index in [0.29, 0.717) is 5.82 Å². The lowest BCUT2D eigenvalue weighted by atomic mass is 9.97. The summed E-state index contributed by atoms with van der Waals surface area (Å²) in [5, 5.41) is 3.13. The maximum absolute atomic E-state index is 3.70. The minimum absolute atomic E-state index is 0.686. The molecule has 0 amide bonds. The minimum Gasteiger partial charge on any atom is -0.371 e. The van der Waals surface area contributed by atoms with Gasteiger partial charge < -0.3 is 5.32 Å². The summed E-state index contributed by atoms with van der Waals surface area (Å²) in [6.07, 6.45) is 5.08. The Labute approximate surface area is 82.1 Å². The van der Waals surface area contributed by atoms with Crippen LogP contribution in [0.4, 0.5) is 0 Å². The fraction of sp³-hybridized carbons (Fsp3) is 0.727. The SMILES string of the molecule is C=NC(=C)NCCC(CC)CCC. The largest absolute Gasteiger partial charge is 0.371 e. The molecule has 0 aromatic rings. The molecule has 0 bridgehead atoms. The highest BCUT2D eigenvalue weighted by Crippen LogP contribution is 2.14. The summed E-state index contributed by atoms with van der Waals surface area (Å²) in [5.74, 6) is 1.53. The highest BCUT2D eigenvalue weighted by Gasteiger charge is 2.03. The van der Waals surface area contributed by atoms with Gasteiger partial charge in [0.1, 0.15) is 5.82 Å². The summed E-state index contributed by atoms with van der Waals surface area (Å²) in [6, 6.07) is 0. The van der Waals surface area contributed by atoms with Gasteiger partial charge in [-0.15, -0.1) is 0 Å². The first-order valence-electron chi connectivity index (χ1n) is 5.14. The summed E-state index contributed by atoms with van der Waals surface area (Å²) in [7, 11) is 0. The Kier molecular flexibility index (Phi) is 7.36. The average molecular weight is 182 g/mol. The quantitative estimate of drug-likeness (QED) is 0.573. The van der Waals surface area contributed by atoms with Gasteiger partial charge in [0.25, 0.3) is 0 Å². The zero-order chi connectivity index (χ0) is 10.1. The van der Waals surface area contributed by atoms with Gasteiger partial charge in [-0.25, -0.2) is 4.99 Å². The first-order chi connectivity index (χ1) is 6.24. The van der Waals surface area contributed by atoms with Crippen molar-refractivity contribution in [1.82, 2.24) is 5.32 Å². The van der Waals surface area contributed by atoms with Crippen molar-refractivity contribution in [2.75, 3.05) is 6.54 Å². The van der Waals surface area contributed by atoms with E-state index in [-0.39, 0.29) is 0 Å². The van der Waals surface area contributed by atoms with Crippen molar-refractivity contribution in [1.29, 1.82) is 0 Å². The third-order valence-corrected chi connectivity index (χ3v) is 2.35. The summed E-state index contributed by atoms with van der Waals surface area (Å²) in [6.45, 7) is 12.6. The van der Waals surface area contributed by atoms with E-state index in [1.165, 1.54) is 25.7 Å². The van der Waals surface area contributed by atoms with Crippen LogP contribution in [-0.2, 0) is 0 Å². The van der Waals surface area contributed by atoms with Crippen molar-refractivity contribution < 1.29 is 0 Å². The Morgan fingerprint density at radius 2 is 2.08 bits per heavy atom. The van der Waals surface area contributed by atoms with Crippen LogP contribution in [-0.4, -0.2) is 13.3 Å². The predicted molar refractivity (Wildman–Crippen MR) is 60.0 cm³/mol. The second-order valence-electron chi connectivity index (χ2n) is 3.38. The van der Waals surface area contributed by atoms with Crippen molar-refractivity contribution in [3.05, 3.63) is 12.4 Å². The highest BCUT2D eigenvalue weighted by molar-refractivity contribution is 5.27. The molecule has 1 unspecified atom stereocenters. The monoisotopic (exact) mass is 182 g/mol. The van der Waals surface area contributed by atoms with Gasteiger partial charge in [0.05, 0.1) is 0 Å². The average Bonchev–Trinajstić information content (AvgIpc) is 2.16. The summed E-state index contributed by atoms with van der Waals surface area (Å²) in [4.78, 5) is 3.70. The van der Waals surface area contributed by atoms with Crippen molar-refractivity contribution in [3.63, 3.8) is 0 Å². The molecular weight excluding hydrogens is 160 g/mol. The van der Waals surface area contributed by atoms with Gasteiger partial charge in [0.2, 0.25) is 0 Å². The summed E-state index contributed by atoms with van der Waals surface area (Å²) >= 11 is 0. The number of nitrogens with one attached hydrogen (secondary N) is 1. The standard InChI is InChI=1S/C11H22N2/c1-5-7-11(6-2)8-9-13-10(3)12-4/h11,13H,3-9H2,1-2H3. The molecule has 0 spiro atoms. The van der Waals surface area contributed by atoms with Crippen LogP contribution in [0.25, 0.3) is 0 Å². The van der Waals surface area contributed by atoms with E-state index in [4.69, 9.17) is 0 Å². The lowest BCUT2D eigenvalue weighted by Gasteiger charge is -2.13. The van der Waals surface area contributed by atoms with Crippen molar-refractivity contribution >= 4 is 6.72 Å². The Balaban J connectivity index is 3.48. The van der Waals surface area contributed by atoms with Crippen LogP contribution in [0.2, 0.25) is 0 Å². The van der Waals surface area contributed by atoms with E-state index in [9.17, 15) is 0 Å². The second-order valence-corrected chi connectivity index (χ2v) is 3.38. The van der Waals surface area contributed by atoms with Crippen molar-refractivity contribution in [2.45, 2.75) is 39.5 Å². The molecule has 0 rings (SSSR count). The Hall–Kier alpha value is -0.790. The Bertz CT molecular complexity index is 152. The lowest BCUT2D eigenvalue weighted by Crippen LogP contribution is -2.15. The van der Waals surface area contributed by atoms with Crippen LogP contribution < -0.4 is 5.32 Å². The van der Waals surface area contributed by atoms with Gasteiger partial charge in [-0.1, -0.05) is 39.7 Å². The lowest BCUT2D eigenvalue weighted by molar-refractivity contribution is 0.426. The molecule has 2 nitrogen and oxygen atoms in total. The normalized spacial score (nSPS) is 12.2. The first-order valence-corrected chi connectivity index (χ1v) is 5.14.